The summed E-state index contributed by atoms with van der Waals surface area (Å²) in [5.74, 6) is -0.840. The van der Waals surface area contributed by atoms with E-state index in [2.05, 4.69) is 196 Å². The number of phosphoric ester groups is 1. The molecule has 0 rings (SSSR count). The van der Waals surface area contributed by atoms with Gasteiger partial charge in [-0.2, -0.15) is 0 Å². The average molecular weight is 1280 g/mol. The number of ether oxygens (including phenoxy) is 2. The van der Waals surface area contributed by atoms with Crippen molar-refractivity contribution in [2.45, 2.75) is 290 Å². The van der Waals surface area contributed by atoms with Crippen LogP contribution >= 0.6 is 7.82 Å². The third kappa shape index (κ3) is 74.0. The molecule has 0 amide bonds. The molecule has 0 saturated carbocycles. The van der Waals surface area contributed by atoms with Crippen LogP contribution in [-0.4, -0.2) is 49.3 Å². The van der Waals surface area contributed by atoms with Crippen LogP contribution < -0.4 is 5.73 Å². The van der Waals surface area contributed by atoms with Crippen LogP contribution in [0.15, 0.2) is 182 Å². The lowest BCUT2D eigenvalue weighted by molar-refractivity contribution is -0.161. The van der Waals surface area contributed by atoms with Gasteiger partial charge in [0.25, 0.3) is 0 Å². The van der Waals surface area contributed by atoms with Gasteiger partial charge in [-0.05, 0) is 135 Å². The minimum Gasteiger partial charge on any atom is -0.462 e. The topological polar surface area (TPSA) is 134 Å². The fourth-order valence-corrected chi connectivity index (χ4v) is 10.3. The first kappa shape index (κ1) is 86.1. The van der Waals surface area contributed by atoms with Gasteiger partial charge in [-0.25, -0.2) is 4.57 Å². The molecule has 0 saturated heterocycles. The number of hydrogen-bond acceptors (Lipinski definition) is 8. The highest BCUT2D eigenvalue weighted by molar-refractivity contribution is 7.47. The van der Waals surface area contributed by atoms with Crippen molar-refractivity contribution in [1.29, 1.82) is 0 Å². The molecule has 0 fully saturated rings. The molecule has 2 unspecified atom stereocenters. The Hall–Kier alpha value is -4.89. The van der Waals surface area contributed by atoms with Crippen molar-refractivity contribution in [2.24, 2.45) is 5.73 Å². The largest absolute Gasteiger partial charge is 0.472 e. The van der Waals surface area contributed by atoms with E-state index in [1.54, 1.807) is 0 Å². The summed E-state index contributed by atoms with van der Waals surface area (Å²) >= 11 is 0. The van der Waals surface area contributed by atoms with Crippen LogP contribution in [0, 0.1) is 0 Å². The maximum atomic E-state index is 12.8. The maximum absolute atomic E-state index is 12.8. The maximum Gasteiger partial charge on any atom is 0.472 e. The van der Waals surface area contributed by atoms with Gasteiger partial charge >= 0.3 is 19.8 Å². The Bertz CT molecular complexity index is 2150. The highest BCUT2D eigenvalue weighted by atomic mass is 31.2. The van der Waals surface area contributed by atoms with Crippen molar-refractivity contribution >= 4 is 19.8 Å². The Morgan fingerprint density at radius 1 is 0.330 bits per heavy atom. The van der Waals surface area contributed by atoms with Crippen LogP contribution in [0.25, 0.3) is 0 Å². The molecule has 0 aliphatic carbocycles. The Kier molecular flexibility index (Phi) is 70.2. The molecule has 0 aliphatic rings. The third-order valence-corrected chi connectivity index (χ3v) is 15.8. The standard InChI is InChI=1S/C81H132NO8P/c1-3-5-7-9-11-13-15-17-19-21-23-25-27-29-31-33-34-35-36-37-38-39-40-41-42-43-44-46-48-50-52-54-56-58-60-62-64-66-68-70-72-74-81(84)90-79(78-89-91(85,86)88-76-75-82)77-87-80(83)73-71-69-67-65-63-61-59-57-55-53-51-49-47-45-32-30-28-26-24-22-20-18-16-14-12-10-8-6-4-2/h5-8,11-14,17-20,23-26,29-32,34-35,37-38,40-41,43-44,48,50,79H,3-4,9-10,15-16,21-22,27-28,33,36,39,42,45-47,49,51-78,82H2,1-2H3,(H,85,86)/b7-5-,8-6-,13-11-,14-12-,19-17-,20-18-,25-23-,26-24-,31-29-,32-30-,35-34-,38-37-,41-40-,44-43-,50-48-. The SMILES string of the molecule is CC/C=C\C/C=C\C/C=C\C/C=C\C/C=C\C/C=C\C/C=C\C/C=C\C/C=C\C/C=C\CCCCCCCCCCCCC(=O)OC(COC(=O)CCCCCCCCCCCCCCC/C=C\C/C=C\C/C=C\C/C=C\C/C=C\CC)COP(=O)(O)OCCN. The van der Waals surface area contributed by atoms with Gasteiger partial charge in [0.2, 0.25) is 0 Å². The Morgan fingerprint density at radius 2 is 0.571 bits per heavy atom. The molecule has 514 valence electrons. The summed E-state index contributed by atoms with van der Waals surface area (Å²) in [4.78, 5) is 35.4. The smallest absolute Gasteiger partial charge is 0.462 e. The average Bonchev–Trinajstić information content (AvgIpc) is 3.74. The zero-order chi connectivity index (χ0) is 65.8. The van der Waals surface area contributed by atoms with Gasteiger partial charge in [-0.1, -0.05) is 318 Å². The van der Waals surface area contributed by atoms with Gasteiger partial charge in [0.05, 0.1) is 13.2 Å². The zero-order valence-corrected chi connectivity index (χ0v) is 58.6. The van der Waals surface area contributed by atoms with Gasteiger partial charge in [0.15, 0.2) is 6.10 Å². The number of phosphoric acid groups is 1. The quantitative estimate of drug-likeness (QED) is 0.0264. The summed E-state index contributed by atoms with van der Waals surface area (Å²) in [6.45, 7) is 3.51. The molecule has 0 spiro atoms. The highest BCUT2D eigenvalue weighted by Crippen LogP contribution is 2.43. The first-order valence-electron chi connectivity index (χ1n) is 36.3. The summed E-state index contributed by atoms with van der Waals surface area (Å²) < 4.78 is 33.2. The van der Waals surface area contributed by atoms with Crippen molar-refractivity contribution in [1.82, 2.24) is 0 Å². The van der Waals surface area contributed by atoms with E-state index >= 15 is 0 Å². The molecule has 0 heterocycles. The summed E-state index contributed by atoms with van der Waals surface area (Å²) in [7, 11) is -4.41. The third-order valence-electron chi connectivity index (χ3n) is 14.8. The van der Waals surface area contributed by atoms with Gasteiger partial charge in [0.1, 0.15) is 6.61 Å². The molecule has 3 N–H and O–H groups in total. The van der Waals surface area contributed by atoms with E-state index in [0.717, 1.165) is 141 Å². The molecule has 0 bridgehead atoms. The lowest BCUT2D eigenvalue weighted by Crippen LogP contribution is -2.29. The Labute approximate surface area is 558 Å². The van der Waals surface area contributed by atoms with Gasteiger partial charge in [-0.15, -0.1) is 0 Å². The second kappa shape index (κ2) is 74.2. The number of allylic oxidation sites excluding steroid dienone is 30. The summed E-state index contributed by atoms with van der Waals surface area (Å²) in [5.41, 5.74) is 5.40. The van der Waals surface area contributed by atoms with E-state index in [9.17, 15) is 19.0 Å². The number of hydrogen-bond donors (Lipinski definition) is 2. The highest BCUT2D eigenvalue weighted by Gasteiger charge is 2.26. The molecule has 2 atom stereocenters. The Morgan fingerprint density at radius 3 is 0.846 bits per heavy atom. The number of carbonyl (C=O) groups is 2. The van der Waals surface area contributed by atoms with E-state index in [4.69, 9.17) is 24.3 Å². The van der Waals surface area contributed by atoms with Crippen molar-refractivity contribution in [3.63, 3.8) is 0 Å². The fraction of sp³-hybridized carbons (Fsp3) is 0.605. The molecule has 0 aromatic carbocycles. The zero-order valence-electron chi connectivity index (χ0n) is 57.8. The van der Waals surface area contributed by atoms with E-state index < -0.39 is 26.5 Å². The predicted octanol–water partition coefficient (Wildman–Crippen LogP) is 24.3. The van der Waals surface area contributed by atoms with Gasteiger partial charge in [0, 0.05) is 19.4 Å². The van der Waals surface area contributed by atoms with Gasteiger partial charge in [-0.3, -0.25) is 18.6 Å². The van der Waals surface area contributed by atoms with E-state index in [1.165, 1.54) is 109 Å². The van der Waals surface area contributed by atoms with Crippen LogP contribution in [0.1, 0.15) is 284 Å². The minimum atomic E-state index is -4.41. The van der Waals surface area contributed by atoms with Gasteiger partial charge < -0.3 is 20.1 Å². The first-order chi connectivity index (χ1) is 44.8. The number of nitrogens with two attached hydrogens (primary N) is 1. The second-order valence-electron chi connectivity index (χ2n) is 23.3. The van der Waals surface area contributed by atoms with Crippen molar-refractivity contribution in [3.8, 4) is 0 Å². The number of unbranched alkanes of at least 4 members (excludes halogenated alkanes) is 23. The molecule has 0 aliphatic heterocycles. The first-order valence-corrected chi connectivity index (χ1v) is 37.8. The molecule has 0 aromatic rings. The summed E-state index contributed by atoms with van der Waals surface area (Å²) in [5, 5.41) is 0. The van der Waals surface area contributed by atoms with Crippen molar-refractivity contribution in [2.75, 3.05) is 26.4 Å². The van der Waals surface area contributed by atoms with Crippen molar-refractivity contribution in [3.05, 3.63) is 182 Å². The Balaban J connectivity index is 3.95. The van der Waals surface area contributed by atoms with Crippen LogP contribution in [0.3, 0.4) is 0 Å². The van der Waals surface area contributed by atoms with Crippen LogP contribution in [0.5, 0.6) is 0 Å². The summed E-state index contributed by atoms with van der Waals surface area (Å²) in [6.07, 6.45) is 111. The van der Waals surface area contributed by atoms with Crippen molar-refractivity contribution < 1.29 is 37.6 Å². The lowest BCUT2D eigenvalue weighted by Gasteiger charge is -2.19. The molecule has 9 nitrogen and oxygen atoms in total. The lowest BCUT2D eigenvalue weighted by atomic mass is 10.0. The van der Waals surface area contributed by atoms with Crippen LogP contribution in [-0.2, 0) is 32.7 Å². The predicted molar refractivity (Wildman–Crippen MR) is 394 cm³/mol. The molecule has 91 heavy (non-hydrogen) atoms. The van der Waals surface area contributed by atoms with E-state index in [-0.39, 0.29) is 38.6 Å². The normalized spacial score (nSPS) is 14.0. The van der Waals surface area contributed by atoms with Crippen LogP contribution in [0.2, 0.25) is 0 Å². The van der Waals surface area contributed by atoms with Crippen LogP contribution in [0.4, 0.5) is 0 Å². The molecule has 0 radical (unpaired) electrons. The molecule has 0 aromatic heterocycles. The van der Waals surface area contributed by atoms with E-state index in [1.807, 2.05) is 0 Å². The van der Waals surface area contributed by atoms with E-state index in [0.29, 0.717) is 6.42 Å². The number of esters is 2. The summed E-state index contributed by atoms with van der Waals surface area (Å²) in [6, 6.07) is 0. The number of rotatable bonds is 66. The minimum absolute atomic E-state index is 0.0447. The number of carbonyl (C=O) groups excluding carboxylic acids is 2. The molecular weight excluding hydrogens is 1150 g/mol. The molecular formula is C81H132NO8P. The molecule has 10 heteroatoms. The fourth-order valence-electron chi connectivity index (χ4n) is 9.52. The monoisotopic (exact) mass is 1280 g/mol. The second-order valence-corrected chi connectivity index (χ2v) is 24.8.